The van der Waals surface area contributed by atoms with Crippen molar-refractivity contribution in [2.75, 3.05) is 27.4 Å². The van der Waals surface area contributed by atoms with Gasteiger partial charge in [-0.3, -0.25) is 9.20 Å². The topological polar surface area (TPSA) is 64.9 Å². The number of nitrogens with zero attached hydrogens (tertiary/aromatic N) is 2. The van der Waals surface area contributed by atoms with Crippen LogP contribution in [-0.4, -0.2) is 42.7 Å². The average molecular weight is 331 g/mol. The number of carbonyl (C=O) groups excluding carboxylic acids is 1. The van der Waals surface area contributed by atoms with E-state index < -0.39 is 0 Å². The Morgan fingerprint density at radius 1 is 1.30 bits per heavy atom. The smallest absolute Gasteiger partial charge is 0.272 e. The minimum atomic E-state index is -0.205. The van der Waals surface area contributed by atoms with Crippen LogP contribution in [0.4, 0.5) is 0 Å². The van der Waals surface area contributed by atoms with Crippen molar-refractivity contribution >= 4 is 22.2 Å². The third kappa shape index (κ3) is 3.06. The number of ether oxygens (including phenoxy) is 2. The monoisotopic (exact) mass is 331 g/mol. The molecule has 2 aromatic heterocycles. The number of amides is 1. The SMILES string of the molecule is COCCNC(=O)c1nc2sccn2c1-c1ccc(OC)cc1. The van der Waals surface area contributed by atoms with Gasteiger partial charge in [0.2, 0.25) is 0 Å². The highest BCUT2D eigenvalue weighted by Gasteiger charge is 2.20. The van der Waals surface area contributed by atoms with Gasteiger partial charge in [0.05, 0.1) is 19.4 Å². The highest BCUT2D eigenvalue weighted by molar-refractivity contribution is 7.15. The van der Waals surface area contributed by atoms with Crippen molar-refractivity contribution in [1.82, 2.24) is 14.7 Å². The van der Waals surface area contributed by atoms with Crippen LogP contribution in [0.5, 0.6) is 5.75 Å². The van der Waals surface area contributed by atoms with Crippen molar-refractivity contribution in [3.8, 4) is 17.0 Å². The molecular formula is C16H17N3O3S. The van der Waals surface area contributed by atoms with Crippen molar-refractivity contribution in [2.24, 2.45) is 0 Å². The zero-order valence-corrected chi connectivity index (χ0v) is 13.7. The van der Waals surface area contributed by atoms with Gasteiger partial charge < -0.3 is 14.8 Å². The van der Waals surface area contributed by atoms with E-state index in [0.29, 0.717) is 18.8 Å². The zero-order chi connectivity index (χ0) is 16.2. The summed E-state index contributed by atoms with van der Waals surface area (Å²) in [6.07, 6.45) is 1.92. The molecule has 23 heavy (non-hydrogen) atoms. The Balaban J connectivity index is 2.00. The van der Waals surface area contributed by atoms with E-state index in [2.05, 4.69) is 10.3 Å². The lowest BCUT2D eigenvalue weighted by Crippen LogP contribution is -2.27. The van der Waals surface area contributed by atoms with E-state index >= 15 is 0 Å². The molecule has 0 radical (unpaired) electrons. The molecule has 0 aliphatic heterocycles. The van der Waals surface area contributed by atoms with Crippen LogP contribution in [-0.2, 0) is 4.74 Å². The fraction of sp³-hybridized carbons (Fsp3) is 0.250. The molecule has 1 amide bonds. The summed E-state index contributed by atoms with van der Waals surface area (Å²) in [6.45, 7) is 0.911. The van der Waals surface area contributed by atoms with Crippen molar-refractivity contribution in [1.29, 1.82) is 0 Å². The standard InChI is InChI=1S/C16H17N3O3S/c1-21-9-7-17-15(20)13-14(19-8-10-23-16(19)18-13)11-3-5-12(22-2)6-4-11/h3-6,8,10H,7,9H2,1-2H3,(H,17,20). The first kappa shape index (κ1) is 15.5. The number of imidazole rings is 1. The molecule has 2 heterocycles. The normalized spacial score (nSPS) is 10.9. The van der Waals surface area contributed by atoms with Gasteiger partial charge in [-0.1, -0.05) is 0 Å². The number of carbonyl (C=O) groups is 1. The average Bonchev–Trinajstić information content (AvgIpc) is 3.16. The van der Waals surface area contributed by atoms with Crippen molar-refractivity contribution < 1.29 is 14.3 Å². The van der Waals surface area contributed by atoms with Gasteiger partial charge in [-0.15, -0.1) is 11.3 Å². The van der Waals surface area contributed by atoms with E-state index in [0.717, 1.165) is 22.0 Å². The number of thiazole rings is 1. The number of nitrogens with one attached hydrogen (secondary N) is 1. The number of fused-ring (bicyclic) bond motifs is 1. The van der Waals surface area contributed by atoms with E-state index in [4.69, 9.17) is 9.47 Å². The van der Waals surface area contributed by atoms with E-state index in [1.54, 1.807) is 14.2 Å². The maximum absolute atomic E-state index is 12.4. The fourth-order valence-corrected chi connectivity index (χ4v) is 3.03. The first-order valence-corrected chi connectivity index (χ1v) is 7.99. The van der Waals surface area contributed by atoms with Gasteiger partial charge >= 0.3 is 0 Å². The molecule has 7 heteroatoms. The van der Waals surface area contributed by atoms with Crippen LogP contribution in [0.15, 0.2) is 35.8 Å². The Kier molecular flexibility index (Phi) is 4.59. The van der Waals surface area contributed by atoms with Crippen LogP contribution in [0.1, 0.15) is 10.5 Å². The van der Waals surface area contributed by atoms with Crippen LogP contribution in [0.3, 0.4) is 0 Å². The first-order valence-electron chi connectivity index (χ1n) is 7.11. The molecular weight excluding hydrogens is 314 g/mol. The first-order chi connectivity index (χ1) is 11.2. The lowest BCUT2D eigenvalue weighted by molar-refractivity contribution is 0.0933. The molecule has 0 atom stereocenters. The zero-order valence-electron chi connectivity index (χ0n) is 12.9. The molecule has 3 rings (SSSR count). The summed E-state index contributed by atoms with van der Waals surface area (Å²) < 4.78 is 12.1. The Morgan fingerprint density at radius 2 is 2.09 bits per heavy atom. The second-order valence-electron chi connectivity index (χ2n) is 4.84. The molecule has 0 aliphatic rings. The highest BCUT2D eigenvalue weighted by Crippen LogP contribution is 2.28. The van der Waals surface area contributed by atoms with Crippen molar-refractivity contribution in [2.45, 2.75) is 0 Å². The van der Waals surface area contributed by atoms with E-state index in [-0.39, 0.29) is 5.91 Å². The summed E-state index contributed by atoms with van der Waals surface area (Å²) >= 11 is 1.49. The maximum atomic E-state index is 12.4. The van der Waals surface area contributed by atoms with Gasteiger partial charge in [0.1, 0.15) is 5.75 Å². The minimum absolute atomic E-state index is 0.205. The quantitative estimate of drug-likeness (QED) is 0.705. The van der Waals surface area contributed by atoms with Crippen LogP contribution >= 0.6 is 11.3 Å². The molecule has 1 N–H and O–H groups in total. The Labute approximate surface area is 137 Å². The van der Waals surface area contributed by atoms with E-state index in [9.17, 15) is 4.79 Å². The van der Waals surface area contributed by atoms with Crippen LogP contribution in [0.25, 0.3) is 16.2 Å². The summed E-state index contributed by atoms with van der Waals surface area (Å²) in [6, 6.07) is 7.58. The van der Waals surface area contributed by atoms with Gasteiger partial charge in [0.25, 0.3) is 5.91 Å². The summed E-state index contributed by atoms with van der Waals surface area (Å²) in [5.74, 6) is 0.565. The molecule has 3 aromatic rings. The predicted octanol–water partition coefficient (Wildman–Crippen LogP) is 2.45. The summed E-state index contributed by atoms with van der Waals surface area (Å²) in [4.78, 5) is 17.7. The second kappa shape index (κ2) is 6.80. The molecule has 0 fully saturated rings. The Morgan fingerprint density at radius 3 is 2.78 bits per heavy atom. The predicted molar refractivity (Wildman–Crippen MR) is 89.3 cm³/mol. The van der Waals surface area contributed by atoms with Crippen LogP contribution in [0.2, 0.25) is 0 Å². The molecule has 0 aliphatic carbocycles. The number of aromatic nitrogens is 2. The highest BCUT2D eigenvalue weighted by atomic mass is 32.1. The third-order valence-electron chi connectivity index (χ3n) is 3.43. The van der Waals surface area contributed by atoms with Gasteiger partial charge in [-0.05, 0) is 24.3 Å². The Bertz CT molecular complexity index is 808. The van der Waals surface area contributed by atoms with Crippen molar-refractivity contribution in [3.63, 3.8) is 0 Å². The molecule has 120 valence electrons. The number of benzene rings is 1. The summed E-state index contributed by atoms with van der Waals surface area (Å²) in [5.41, 5.74) is 2.10. The molecule has 0 saturated carbocycles. The largest absolute Gasteiger partial charge is 0.497 e. The maximum Gasteiger partial charge on any atom is 0.272 e. The number of hydrogen-bond donors (Lipinski definition) is 1. The number of methoxy groups -OCH3 is 2. The minimum Gasteiger partial charge on any atom is -0.497 e. The van der Waals surface area contributed by atoms with Gasteiger partial charge in [0, 0.05) is 30.8 Å². The summed E-state index contributed by atoms with van der Waals surface area (Å²) in [7, 11) is 3.22. The van der Waals surface area contributed by atoms with Crippen LogP contribution in [0, 0.1) is 0 Å². The Hall–Kier alpha value is -2.38. The van der Waals surface area contributed by atoms with Crippen LogP contribution < -0.4 is 10.1 Å². The number of rotatable bonds is 6. The second-order valence-corrected chi connectivity index (χ2v) is 5.71. The van der Waals surface area contributed by atoms with Gasteiger partial charge in [-0.25, -0.2) is 4.98 Å². The molecule has 6 nitrogen and oxygen atoms in total. The van der Waals surface area contributed by atoms with Crippen molar-refractivity contribution in [3.05, 3.63) is 41.5 Å². The van der Waals surface area contributed by atoms with E-state index in [1.807, 2.05) is 40.2 Å². The molecule has 0 unspecified atom stereocenters. The molecule has 0 bridgehead atoms. The fourth-order valence-electron chi connectivity index (χ4n) is 2.32. The summed E-state index contributed by atoms with van der Waals surface area (Å²) in [5, 5.41) is 4.77. The lowest BCUT2D eigenvalue weighted by Gasteiger charge is -2.07. The molecule has 0 saturated heterocycles. The molecule has 0 spiro atoms. The third-order valence-corrected chi connectivity index (χ3v) is 4.19. The molecule has 1 aromatic carbocycles. The van der Waals surface area contributed by atoms with Gasteiger partial charge in [0.15, 0.2) is 10.7 Å². The lowest BCUT2D eigenvalue weighted by atomic mass is 10.1. The van der Waals surface area contributed by atoms with Gasteiger partial charge in [-0.2, -0.15) is 0 Å². The van der Waals surface area contributed by atoms with E-state index in [1.165, 1.54) is 11.3 Å². The number of hydrogen-bond acceptors (Lipinski definition) is 5.